The number of hydrogen-bond donors (Lipinski definition) is 2. The Labute approximate surface area is 120 Å². The van der Waals surface area contributed by atoms with E-state index in [2.05, 4.69) is 20.8 Å². The van der Waals surface area contributed by atoms with Crippen molar-refractivity contribution in [3.05, 3.63) is 22.7 Å². The van der Waals surface area contributed by atoms with Gasteiger partial charge in [0.1, 0.15) is 11.2 Å². The smallest absolute Gasteiger partial charge is 0.263 e. The van der Waals surface area contributed by atoms with Gasteiger partial charge < -0.3 is 11.1 Å². The van der Waals surface area contributed by atoms with Gasteiger partial charge in [-0.05, 0) is 35.7 Å². The van der Waals surface area contributed by atoms with Crippen LogP contribution in [0.3, 0.4) is 0 Å². The average Bonchev–Trinajstić information content (AvgIpc) is 2.94. The quantitative estimate of drug-likeness (QED) is 0.862. The van der Waals surface area contributed by atoms with Gasteiger partial charge in [0.05, 0.1) is 5.69 Å². The van der Waals surface area contributed by atoms with E-state index in [1.807, 2.05) is 19.2 Å². The van der Waals surface area contributed by atoms with E-state index in [9.17, 15) is 4.79 Å². The molecule has 3 N–H and O–H groups in total. The third kappa shape index (κ3) is 3.98. The van der Waals surface area contributed by atoms with Gasteiger partial charge in [-0.1, -0.05) is 0 Å². The number of hydrogen-bond acceptors (Lipinski definition) is 6. The second-order valence-corrected chi connectivity index (χ2v) is 5.48. The highest BCUT2D eigenvalue weighted by atomic mass is 35.5. The van der Waals surface area contributed by atoms with Crippen molar-refractivity contribution in [1.82, 2.24) is 25.5 Å². The first-order valence-electron chi connectivity index (χ1n) is 5.35. The number of tetrazole rings is 1. The van der Waals surface area contributed by atoms with Crippen LogP contribution in [0.2, 0.25) is 0 Å². The fourth-order valence-electron chi connectivity index (χ4n) is 1.31. The topological polar surface area (TPSA) is 98.7 Å². The maximum atomic E-state index is 12.0. The number of nitrogens with one attached hydrogen (secondary N) is 1. The molecule has 0 saturated carbocycles. The van der Waals surface area contributed by atoms with Crippen molar-refractivity contribution in [3.63, 3.8) is 0 Å². The van der Waals surface area contributed by atoms with Gasteiger partial charge in [-0.15, -0.1) is 28.8 Å². The van der Waals surface area contributed by atoms with Crippen molar-refractivity contribution in [1.29, 1.82) is 0 Å². The molecule has 0 aromatic carbocycles. The van der Waals surface area contributed by atoms with E-state index < -0.39 is 5.54 Å². The number of halogens is 1. The van der Waals surface area contributed by atoms with Gasteiger partial charge >= 0.3 is 0 Å². The van der Waals surface area contributed by atoms with E-state index >= 15 is 0 Å². The van der Waals surface area contributed by atoms with Gasteiger partial charge in [-0.3, -0.25) is 4.79 Å². The van der Waals surface area contributed by atoms with E-state index in [-0.39, 0.29) is 18.3 Å². The Kier molecular flexibility index (Phi) is 4.98. The first-order chi connectivity index (χ1) is 8.47. The minimum atomic E-state index is -0.443. The average molecular weight is 303 g/mol. The Hall–Kier alpha value is -1.51. The summed E-state index contributed by atoms with van der Waals surface area (Å²) in [7, 11) is 0. The van der Waals surface area contributed by atoms with Crippen molar-refractivity contribution in [2.45, 2.75) is 19.4 Å². The van der Waals surface area contributed by atoms with Crippen molar-refractivity contribution < 1.29 is 4.79 Å². The second kappa shape index (κ2) is 6.09. The van der Waals surface area contributed by atoms with E-state index in [1.165, 1.54) is 22.3 Å². The zero-order valence-electron chi connectivity index (χ0n) is 10.5. The van der Waals surface area contributed by atoms with Gasteiger partial charge in [0.2, 0.25) is 0 Å². The Balaban J connectivity index is 0.00000180. The van der Waals surface area contributed by atoms with Crippen LogP contribution >= 0.6 is 23.7 Å². The van der Waals surface area contributed by atoms with Gasteiger partial charge in [0, 0.05) is 12.1 Å². The maximum absolute atomic E-state index is 12.0. The molecule has 104 valence electrons. The molecule has 1 amide bonds. The predicted molar refractivity (Wildman–Crippen MR) is 74.9 cm³/mol. The molecule has 2 aromatic heterocycles. The maximum Gasteiger partial charge on any atom is 0.263 e. The third-order valence-electron chi connectivity index (χ3n) is 2.15. The lowest BCUT2D eigenvalue weighted by molar-refractivity contribution is 0.0950. The highest BCUT2D eigenvalue weighted by molar-refractivity contribution is 7.12. The Bertz CT molecular complexity index is 532. The molecule has 0 spiro atoms. The first-order valence-corrected chi connectivity index (χ1v) is 6.23. The lowest BCUT2D eigenvalue weighted by Gasteiger charge is -2.18. The molecule has 0 atom stereocenters. The number of amides is 1. The highest BCUT2D eigenvalue weighted by Crippen LogP contribution is 2.19. The van der Waals surface area contributed by atoms with Gasteiger partial charge in [0.15, 0.2) is 0 Å². The minimum Gasteiger partial charge on any atom is -0.349 e. The van der Waals surface area contributed by atoms with Gasteiger partial charge in [-0.25, -0.2) is 0 Å². The molecule has 2 heterocycles. The molecule has 7 nitrogen and oxygen atoms in total. The van der Waals surface area contributed by atoms with Crippen molar-refractivity contribution >= 4 is 29.7 Å². The summed E-state index contributed by atoms with van der Waals surface area (Å²) in [5, 5.41) is 15.5. The van der Waals surface area contributed by atoms with Crippen molar-refractivity contribution in [2.75, 3.05) is 6.54 Å². The van der Waals surface area contributed by atoms with Crippen molar-refractivity contribution in [2.24, 2.45) is 5.73 Å². The molecule has 0 unspecified atom stereocenters. The lowest BCUT2D eigenvalue weighted by Crippen LogP contribution is -2.45. The molecule has 0 radical (unpaired) electrons. The van der Waals surface area contributed by atoms with E-state index in [0.29, 0.717) is 17.1 Å². The number of nitrogens with zero attached hydrogens (tertiary/aromatic N) is 4. The minimum absolute atomic E-state index is 0. The zero-order chi connectivity index (χ0) is 13.2. The third-order valence-corrected chi connectivity index (χ3v) is 3.05. The molecule has 0 saturated heterocycles. The summed E-state index contributed by atoms with van der Waals surface area (Å²) in [5.74, 6) is -0.172. The van der Waals surface area contributed by atoms with Crippen LogP contribution in [0, 0.1) is 0 Å². The summed E-state index contributed by atoms with van der Waals surface area (Å²) < 4.78 is 1.46. The summed E-state index contributed by atoms with van der Waals surface area (Å²) in [6, 6.07) is 1.80. The normalized spacial score (nSPS) is 10.9. The molecule has 2 rings (SSSR count). The van der Waals surface area contributed by atoms with Crippen LogP contribution in [0.25, 0.3) is 5.69 Å². The van der Waals surface area contributed by atoms with Crippen LogP contribution in [0.5, 0.6) is 0 Å². The van der Waals surface area contributed by atoms with Crippen LogP contribution < -0.4 is 11.1 Å². The molecule has 0 fully saturated rings. The summed E-state index contributed by atoms with van der Waals surface area (Å²) in [6.45, 7) is 4.10. The van der Waals surface area contributed by atoms with E-state index in [4.69, 9.17) is 5.73 Å². The van der Waals surface area contributed by atoms with Crippen molar-refractivity contribution in [3.8, 4) is 5.69 Å². The second-order valence-electron chi connectivity index (χ2n) is 4.56. The number of thiophene rings is 1. The van der Waals surface area contributed by atoms with Crippen LogP contribution in [-0.2, 0) is 0 Å². The SMILES string of the molecule is CC(C)(N)CNC(=O)c1sccc1-n1cnnn1.Cl. The Morgan fingerprint density at radius 1 is 1.58 bits per heavy atom. The fourth-order valence-corrected chi connectivity index (χ4v) is 2.11. The molecule has 9 heteroatoms. The molecular weight excluding hydrogens is 288 g/mol. The van der Waals surface area contributed by atoms with Crippen LogP contribution in [0.4, 0.5) is 0 Å². The molecular formula is C10H15ClN6OS. The monoisotopic (exact) mass is 302 g/mol. The van der Waals surface area contributed by atoms with Crippen LogP contribution in [0.1, 0.15) is 23.5 Å². The summed E-state index contributed by atoms with van der Waals surface area (Å²) in [4.78, 5) is 12.6. The van der Waals surface area contributed by atoms with Crippen LogP contribution in [-0.4, -0.2) is 38.2 Å². The number of aromatic nitrogens is 4. The Morgan fingerprint density at radius 2 is 2.32 bits per heavy atom. The largest absolute Gasteiger partial charge is 0.349 e. The number of carbonyl (C=O) groups is 1. The summed E-state index contributed by atoms with van der Waals surface area (Å²) in [5.41, 5.74) is 6.04. The molecule has 19 heavy (non-hydrogen) atoms. The van der Waals surface area contributed by atoms with E-state index in [1.54, 1.807) is 6.07 Å². The fraction of sp³-hybridized carbons (Fsp3) is 0.400. The molecule has 0 bridgehead atoms. The Morgan fingerprint density at radius 3 is 2.89 bits per heavy atom. The van der Waals surface area contributed by atoms with Gasteiger partial charge in [0.25, 0.3) is 5.91 Å². The summed E-state index contributed by atoms with van der Waals surface area (Å²) in [6.07, 6.45) is 1.45. The van der Waals surface area contributed by atoms with E-state index in [0.717, 1.165) is 0 Å². The standard InChI is InChI=1S/C10H14N6OS.ClH/c1-10(2,11)5-12-9(17)8-7(3-4-18-8)16-6-13-14-15-16;/h3-4,6H,5,11H2,1-2H3,(H,12,17);1H. The number of nitrogens with two attached hydrogens (primary N) is 1. The molecule has 2 aromatic rings. The van der Waals surface area contributed by atoms with Gasteiger partial charge in [-0.2, -0.15) is 4.68 Å². The number of rotatable bonds is 4. The van der Waals surface area contributed by atoms with Crippen LogP contribution in [0.15, 0.2) is 17.8 Å². The number of carbonyl (C=O) groups excluding carboxylic acids is 1. The molecule has 0 aliphatic rings. The zero-order valence-corrected chi connectivity index (χ0v) is 12.2. The molecule has 0 aliphatic carbocycles. The molecule has 0 aliphatic heterocycles. The summed E-state index contributed by atoms with van der Waals surface area (Å²) >= 11 is 1.34. The predicted octanol–water partition coefficient (Wildman–Crippen LogP) is 0.613. The lowest BCUT2D eigenvalue weighted by atomic mass is 10.1. The highest BCUT2D eigenvalue weighted by Gasteiger charge is 2.18. The first kappa shape index (κ1) is 15.5.